The van der Waals surface area contributed by atoms with Crippen molar-refractivity contribution in [2.75, 3.05) is 6.61 Å². The molecular weight excluding hydrogens is 528 g/mol. The largest absolute Gasteiger partial charge is 0.494 e. The Kier molecular flexibility index (Phi) is 7.46. The Balaban J connectivity index is 1.44. The van der Waals surface area contributed by atoms with Gasteiger partial charge in [-0.15, -0.1) is 0 Å². The van der Waals surface area contributed by atoms with Crippen LogP contribution in [-0.2, 0) is 0 Å². The van der Waals surface area contributed by atoms with Crippen molar-refractivity contribution >= 4 is 28.5 Å². The highest BCUT2D eigenvalue weighted by atomic mass is 35.5. The summed E-state index contributed by atoms with van der Waals surface area (Å²) in [4.78, 5) is 13.1. The van der Waals surface area contributed by atoms with Crippen LogP contribution in [0.3, 0.4) is 0 Å². The second-order valence-corrected chi connectivity index (χ2v) is 10.7. The maximum Gasteiger partial charge on any atom is 0.379 e. The van der Waals surface area contributed by atoms with Gasteiger partial charge in [-0.2, -0.15) is 5.26 Å². The van der Waals surface area contributed by atoms with Gasteiger partial charge in [0, 0.05) is 27.6 Å². The maximum absolute atomic E-state index is 13.1. The van der Waals surface area contributed by atoms with Crippen LogP contribution in [0, 0.1) is 31.1 Å². The van der Waals surface area contributed by atoms with Crippen molar-refractivity contribution in [1.29, 1.82) is 5.26 Å². The molecule has 0 amide bonds. The molecule has 0 bridgehead atoms. The SMILES string of the molecule is Cc1cc2oc(C(=O)Oc3ccc4c(c3)OC(N)=C(C#N)C4c3cccc(OCCC(C)C)c3)c(C)c2cc1Cl. The lowest BCUT2D eigenvalue weighted by Gasteiger charge is -2.27. The van der Waals surface area contributed by atoms with Crippen molar-refractivity contribution in [1.82, 2.24) is 0 Å². The summed E-state index contributed by atoms with van der Waals surface area (Å²) < 4.78 is 23.2. The molecule has 0 saturated heterocycles. The molecule has 1 aliphatic rings. The van der Waals surface area contributed by atoms with E-state index in [1.54, 1.807) is 37.3 Å². The van der Waals surface area contributed by atoms with E-state index in [1.807, 2.05) is 31.2 Å². The minimum Gasteiger partial charge on any atom is -0.494 e. The third-order valence-corrected chi connectivity index (χ3v) is 7.37. The van der Waals surface area contributed by atoms with Gasteiger partial charge >= 0.3 is 5.97 Å². The fourth-order valence-electron chi connectivity index (χ4n) is 4.73. The molecule has 2 N–H and O–H groups in total. The number of hydrogen-bond acceptors (Lipinski definition) is 7. The predicted octanol–water partition coefficient (Wildman–Crippen LogP) is 7.57. The van der Waals surface area contributed by atoms with E-state index in [0.29, 0.717) is 45.8 Å². The lowest BCUT2D eigenvalue weighted by molar-refractivity contribution is 0.0702. The average molecular weight is 557 g/mol. The smallest absolute Gasteiger partial charge is 0.379 e. The zero-order valence-corrected chi connectivity index (χ0v) is 23.5. The summed E-state index contributed by atoms with van der Waals surface area (Å²) in [6, 6.07) is 18.4. The summed E-state index contributed by atoms with van der Waals surface area (Å²) in [5.74, 6) is 0.839. The van der Waals surface area contributed by atoms with Crippen LogP contribution >= 0.6 is 11.6 Å². The van der Waals surface area contributed by atoms with Gasteiger partial charge in [0.25, 0.3) is 0 Å². The minimum atomic E-state index is -0.651. The number of nitrogens with two attached hydrogens (primary N) is 1. The van der Waals surface area contributed by atoms with Crippen LogP contribution in [0.15, 0.2) is 70.5 Å². The first-order valence-electron chi connectivity index (χ1n) is 13.0. The maximum atomic E-state index is 13.1. The van der Waals surface area contributed by atoms with E-state index in [-0.39, 0.29) is 17.4 Å². The molecule has 0 saturated carbocycles. The highest BCUT2D eigenvalue weighted by Gasteiger charge is 2.31. The van der Waals surface area contributed by atoms with Crippen molar-refractivity contribution in [2.45, 2.75) is 40.0 Å². The van der Waals surface area contributed by atoms with E-state index in [1.165, 1.54) is 0 Å². The number of allylic oxidation sites excluding steroid dienone is 1. The van der Waals surface area contributed by atoms with Crippen molar-refractivity contribution in [3.8, 4) is 23.3 Å². The number of benzene rings is 3. The molecule has 1 aliphatic heterocycles. The molecule has 5 rings (SSSR count). The fraction of sp³-hybridized carbons (Fsp3) is 0.250. The van der Waals surface area contributed by atoms with Crippen molar-refractivity contribution in [3.63, 3.8) is 0 Å². The Morgan fingerprint density at radius 3 is 2.67 bits per heavy atom. The zero-order chi connectivity index (χ0) is 28.6. The van der Waals surface area contributed by atoms with Crippen LogP contribution in [0.25, 0.3) is 11.0 Å². The molecular formula is C32H29ClN2O5. The summed E-state index contributed by atoms with van der Waals surface area (Å²) in [5, 5.41) is 11.3. The summed E-state index contributed by atoms with van der Waals surface area (Å²) in [6.07, 6.45) is 0.934. The van der Waals surface area contributed by atoms with Gasteiger partial charge in [-0.1, -0.05) is 43.6 Å². The number of hydrogen-bond donors (Lipinski definition) is 1. The average Bonchev–Trinajstić information content (AvgIpc) is 3.23. The number of rotatable bonds is 7. The topological polar surface area (TPSA) is 108 Å². The number of nitrogens with zero attached hydrogens (tertiary/aromatic N) is 1. The number of halogens is 1. The van der Waals surface area contributed by atoms with Gasteiger partial charge in [0.2, 0.25) is 11.6 Å². The highest BCUT2D eigenvalue weighted by molar-refractivity contribution is 6.32. The van der Waals surface area contributed by atoms with Gasteiger partial charge in [0.05, 0.1) is 12.5 Å². The highest BCUT2D eigenvalue weighted by Crippen LogP contribution is 2.44. The third-order valence-electron chi connectivity index (χ3n) is 6.96. The van der Waals surface area contributed by atoms with Crippen LogP contribution < -0.4 is 19.9 Å². The number of ether oxygens (including phenoxy) is 3. The number of furan rings is 1. The van der Waals surface area contributed by atoms with Gasteiger partial charge < -0.3 is 24.4 Å². The Bertz CT molecular complexity index is 1700. The molecule has 1 unspecified atom stereocenters. The number of aryl methyl sites for hydroxylation is 2. The van der Waals surface area contributed by atoms with E-state index >= 15 is 0 Å². The molecule has 0 fully saturated rings. The first-order valence-corrected chi connectivity index (χ1v) is 13.4. The van der Waals surface area contributed by atoms with Gasteiger partial charge in [-0.3, -0.25) is 0 Å². The molecule has 4 aromatic rings. The van der Waals surface area contributed by atoms with Crippen LogP contribution in [0.5, 0.6) is 17.2 Å². The minimum absolute atomic E-state index is 0.00465. The van der Waals surface area contributed by atoms with E-state index in [9.17, 15) is 10.1 Å². The van der Waals surface area contributed by atoms with Gasteiger partial charge in [-0.25, -0.2) is 4.79 Å². The number of esters is 1. The third kappa shape index (κ3) is 5.23. The monoisotopic (exact) mass is 556 g/mol. The van der Waals surface area contributed by atoms with Gasteiger partial charge in [0.15, 0.2) is 0 Å². The molecule has 0 radical (unpaired) electrons. The summed E-state index contributed by atoms with van der Waals surface area (Å²) >= 11 is 6.26. The fourth-order valence-corrected chi connectivity index (χ4v) is 4.89. The summed E-state index contributed by atoms with van der Waals surface area (Å²) in [6.45, 7) is 8.54. The lowest BCUT2D eigenvalue weighted by Crippen LogP contribution is -2.21. The van der Waals surface area contributed by atoms with Gasteiger partial charge in [-0.05, 0) is 67.6 Å². The normalized spacial score (nSPS) is 14.6. The molecule has 3 aromatic carbocycles. The predicted molar refractivity (Wildman–Crippen MR) is 153 cm³/mol. The van der Waals surface area contributed by atoms with Crippen molar-refractivity contribution < 1.29 is 23.4 Å². The van der Waals surface area contributed by atoms with E-state index in [4.69, 9.17) is 36.0 Å². The number of nitriles is 1. The van der Waals surface area contributed by atoms with Crippen LogP contribution in [0.1, 0.15) is 59.0 Å². The molecule has 1 aromatic heterocycles. The molecule has 1 atom stereocenters. The van der Waals surface area contributed by atoms with E-state index in [0.717, 1.165) is 28.5 Å². The Morgan fingerprint density at radius 1 is 1.12 bits per heavy atom. The number of carbonyl (C=O) groups excluding carboxylic acids is 1. The first-order chi connectivity index (χ1) is 19.2. The van der Waals surface area contributed by atoms with E-state index < -0.39 is 11.9 Å². The van der Waals surface area contributed by atoms with Crippen LogP contribution in [0.2, 0.25) is 5.02 Å². The Morgan fingerprint density at radius 2 is 1.93 bits per heavy atom. The molecule has 7 nitrogen and oxygen atoms in total. The molecule has 0 aliphatic carbocycles. The first kappa shape index (κ1) is 27.2. The van der Waals surface area contributed by atoms with Gasteiger partial charge in [0.1, 0.15) is 34.5 Å². The standard InChI is InChI=1S/C32H29ClN2O5/c1-17(2)10-11-37-21-7-5-6-20(13-21)29-23-9-8-22(14-28(23)40-31(35)25(29)16-34)38-32(36)30-19(4)24-15-26(33)18(3)12-27(24)39-30/h5-9,12-15,17,29H,10-11,35H2,1-4H3. The van der Waals surface area contributed by atoms with Crippen LogP contribution in [-0.4, -0.2) is 12.6 Å². The molecule has 40 heavy (non-hydrogen) atoms. The lowest BCUT2D eigenvalue weighted by atomic mass is 9.83. The molecule has 0 spiro atoms. The molecule has 204 valence electrons. The number of fused-ring (bicyclic) bond motifs is 2. The summed E-state index contributed by atoms with van der Waals surface area (Å²) in [5.41, 5.74) is 10.1. The molecule has 2 heterocycles. The molecule has 8 heteroatoms. The van der Waals surface area contributed by atoms with Crippen molar-refractivity contribution in [3.05, 3.63) is 99.1 Å². The second kappa shape index (κ2) is 11.0. The second-order valence-electron chi connectivity index (χ2n) is 10.3. The summed E-state index contributed by atoms with van der Waals surface area (Å²) in [7, 11) is 0. The quantitative estimate of drug-likeness (QED) is 0.185. The Labute approximate surface area is 237 Å². The Hall–Kier alpha value is -4.41. The van der Waals surface area contributed by atoms with E-state index in [2.05, 4.69) is 19.9 Å². The zero-order valence-electron chi connectivity index (χ0n) is 22.7. The van der Waals surface area contributed by atoms with Crippen LogP contribution in [0.4, 0.5) is 0 Å². The number of carbonyl (C=O) groups is 1. The van der Waals surface area contributed by atoms with Crippen molar-refractivity contribution in [2.24, 2.45) is 11.7 Å².